The topological polar surface area (TPSA) is 104 Å². The SMILES string of the molecule is Cc1nn(-c2ccc(N3CCOCC3)nn2)c2c1C(c1ccc3c(c1)OCO3)CC(=O)N2. The summed E-state index contributed by atoms with van der Waals surface area (Å²) < 4.78 is 18.0. The number of rotatable bonds is 3. The number of morpholine rings is 1. The average molecular weight is 434 g/mol. The highest BCUT2D eigenvalue weighted by Gasteiger charge is 2.33. The molecule has 0 spiro atoms. The Kier molecular flexibility index (Phi) is 4.46. The lowest BCUT2D eigenvalue weighted by atomic mass is 9.85. The molecule has 1 saturated heterocycles. The second-order valence-corrected chi connectivity index (χ2v) is 8.03. The highest BCUT2D eigenvalue weighted by atomic mass is 16.7. The molecule has 3 aromatic rings. The van der Waals surface area contributed by atoms with Gasteiger partial charge in [0.2, 0.25) is 12.7 Å². The Labute approximate surface area is 184 Å². The van der Waals surface area contributed by atoms with Gasteiger partial charge in [0.1, 0.15) is 5.82 Å². The van der Waals surface area contributed by atoms with Gasteiger partial charge < -0.3 is 24.4 Å². The van der Waals surface area contributed by atoms with E-state index in [1.54, 1.807) is 4.68 Å². The Morgan fingerprint density at radius 3 is 2.62 bits per heavy atom. The van der Waals surface area contributed by atoms with Crippen LogP contribution in [-0.2, 0) is 9.53 Å². The molecule has 2 aromatic heterocycles. The van der Waals surface area contributed by atoms with Crippen LogP contribution in [0.4, 0.5) is 11.6 Å². The molecule has 0 radical (unpaired) electrons. The van der Waals surface area contributed by atoms with Crippen LogP contribution in [0, 0.1) is 6.92 Å². The largest absolute Gasteiger partial charge is 0.454 e. The Hall–Kier alpha value is -3.66. The second-order valence-electron chi connectivity index (χ2n) is 8.03. The summed E-state index contributed by atoms with van der Waals surface area (Å²) in [6.07, 6.45) is 0.334. The smallest absolute Gasteiger partial charge is 0.231 e. The lowest BCUT2D eigenvalue weighted by Crippen LogP contribution is -2.36. The van der Waals surface area contributed by atoms with Crippen LogP contribution in [-0.4, -0.2) is 59.0 Å². The summed E-state index contributed by atoms with van der Waals surface area (Å²) in [5.41, 5.74) is 2.80. The van der Waals surface area contributed by atoms with Gasteiger partial charge in [-0.05, 0) is 36.8 Å². The Morgan fingerprint density at radius 1 is 1.03 bits per heavy atom. The molecule has 10 nitrogen and oxygen atoms in total. The zero-order chi connectivity index (χ0) is 21.7. The molecule has 6 rings (SSSR count). The van der Waals surface area contributed by atoms with Crippen molar-refractivity contribution in [3.05, 3.63) is 47.2 Å². The molecular formula is C22H22N6O4. The Balaban J connectivity index is 1.37. The van der Waals surface area contributed by atoms with Gasteiger partial charge >= 0.3 is 0 Å². The summed E-state index contributed by atoms with van der Waals surface area (Å²) in [6, 6.07) is 9.62. The Morgan fingerprint density at radius 2 is 1.81 bits per heavy atom. The van der Waals surface area contributed by atoms with Crippen LogP contribution in [0.25, 0.3) is 5.82 Å². The monoisotopic (exact) mass is 434 g/mol. The molecule has 32 heavy (non-hydrogen) atoms. The summed E-state index contributed by atoms with van der Waals surface area (Å²) in [5, 5.41) is 16.5. The fraction of sp³-hybridized carbons (Fsp3) is 0.364. The zero-order valence-corrected chi connectivity index (χ0v) is 17.6. The molecule has 0 bridgehead atoms. The van der Waals surface area contributed by atoms with Crippen LogP contribution in [0.1, 0.15) is 29.2 Å². The molecule has 3 aliphatic rings. The van der Waals surface area contributed by atoms with E-state index in [0.29, 0.717) is 37.0 Å². The molecule has 1 atom stereocenters. The number of nitrogens with zero attached hydrogens (tertiary/aromatic N) is 5. The number of hydrogen-bond donors (Lipinski definition) is 1. The van der Waals surface area contributed by atoms with Crippen molar-refractivity contribution in [2.75, 3.05) is 43.3 Å². The Bertz CT molecular complexity index is 1190. The van der Waals surface area contributed by atoms with Crippen molar-refractivity contribution in [2.45, 2.75) is 19.3 Å². The second kappa shape index (κ2) is 7.49. The maximum absolute atomic E-state index is 12.6. The minimum absolute atomic E-state index is 0.0702. The first kappa shape index (κ1) is 19.1. The van der Waals surface area contributed by atoms with E-state index >= 15 is 0 Å². The third-order valence-corrected chi connectivity index (χ3v) is 6.09. The molecule has 0 aliphatic carbocycles. The van der Waals surface area contributed by atoms with Crippen LogP contribution >= 0.6 is 0 Å². The number of ether oxygens (including phenoxy) is 3. The standard InChI is InChI=1S/C22H22N6O4/c1-13-21-15(14-2-3-16-17(10-14)32-12-31-16)11-20(29)23-22(21)28(26-13)19-5-4-18(24-25-19)27-6-8-30-9-7-27/h2-5,10,15H,6-9,11-12H2,1H3,(H,23,29). The summed E-state index contributed by atoms with van der Waals surface area (Å²) in [6.45, 7) is 5.11. The van der Waals surface area contributed by atoms with Gasteiger partial charge in [-0.1, -0.05) is 6.07 Å². The molecular weight excluding hydrogens is 412 g/mol. The maximum Gasteiger partial charge on any atom is 0.231 e. The fourth-order valence-electron chi connectivity index (χ4n) is 4.52. The molecule has 0 saturated carbocycles. The van der Waals surface area contributed by atoms with E-state index in [0.717, 1.165) is 41.5 Å². The third-order valence-electron chi connectivity index (χ3n) is 6.09. The van der Waals surface area contributed by atoms with E-state index in [1.165, 1.54) is 0 Å². The van der Waals surface area contributed by atoms with Crippen molar-refractivity contribution in [3.63, 3.8) is 0 Å². The molecule has 1 amide bonds. The van der Waals surface area contributed by atoms with Crippen LogP contribution in [0.2, 0.25) is 0 Å². The van der Waals surface area contributed by atoms with Crippen molar-refractivity contribution in [2.24, 2.45) is 0 Å². The number of aryl methyl sites for hydroxylation is 1. The van der Waals surface area contributed by atoms with Crippen LogP contribution in [0.3, 0.4) is 0 Å². The first-order valence-electron chi connectivity index (χ1n) is 10.6. The van der Waals surface area contributed by atoms with Gasteiger partial charge in [0, 0.05) is 31.0 Å². The average Bonchev–Trinajstić information content (AvgIpc) is 3.43. The minimum atomic E-state index is -0.136. The van der Waals surface area contributed by atoms with E-state index in [-0.39, 0.29) is 18.6 Å². The summed E-state index contributed by atoms with van der Waals surface area (Å²) in [7, 11) is 0. The zero-order valence-electron chi connectivity index (χ0n) is 17.6. The van der Waals surface area contributed by atoms with E-state index in [9.17, 15) is 4.79 Å². The van der Waals surface area contributed by atoms with E-state index in [4.69, 9.17) is 19.3 Å². The van der Waals surface area contributed by atoms with Crippen LogP contribution < -0.4 is 19.7 Å². The van der Waals surface area contributed by atoms with Gasteiger partial charge in [0.15, 0.2) is 23.1 Å². The molecule has 5 heterocycles. The molecule has 1 aromatic carbocycles. The highest BCUT2D eigenvalue weighted by molar-refractivity contribution is 5.95. The summed E-state index contributed by atoms with van der Waals surface area (Å²) >= 11 is 0. The molecule has 1 fully saturated rings. The number of benzene rings is 1. The third kappa shape index (κ3) is 3.14. The number of carbonyl (C=O) groups excluding carboxylic acids is 1. The maximum atomic E-state index is 12.6. The predicted molar refractivity (Wildman–Crippen MR) is 115 cm³/mol. The fourth-order valence-corrected chi connectivity index (χ4v) is 4.52. The lowest BCUT2D eigenvalue weighted by molar-refractivity contribution is -0.116. The summed E-state index contributed by atoms with van der Waals surface area (Å²) in [5.74, 6) is 3.20. The number of hydrogen-bond acceptors (Lipinski definition) is 8. The van der Waals surface area contributed by atoms with E-state index in [2.05, 4.69) is 20.4 Å². The minimum Gasteiger partial charge on any atom is -0.454 e. The van der Waals surface area contributed by atoms with Crippen molar-refractivity contribution < 1.29 is 19.0 Å². The van der Waals surface area contributed by atoms with Gasteiger partial charge in [0.25, 0.3) is 0 Å². The van der Waals surface area contributed by atoms with Gasteiger partial charge in [-0.3, -0.25) is 4.79 Å². The van der Waals surface area contributed by atoms with Gasteiger partial charge in [-0.15, -0.1) is 10.2 Å². The van der Waals surface area contributed by atoms with Gasteiger partial charge in [-0.25, -0.2) is 0 Å². The molecule has 3 aliphatic heterocycles. The highest BCUT2D eigenvalue weighted by Crippen LogP contribution is 2.43. The summed E-state index contributed by atoms with van der Waals surface area (Å²) in [4.78, 5) is 14.8. The van der Waals surface area contributed by atoms with Crippen molar-refractivity contribution in [3.8, 4) is 17.3 Å². The first-order chi connectivity index (χ1) is 15.7. The van der Waals surface area contributed by atoms with Gasteiger partial charge in [-0.2, -0.15) is 9.78 Å². The molecule has 1 unspecified atom stereocenters. The van der Waals surface area contributed by atoms with Crippen molar-refractivity contribution in [1.29, 1.82) is 0 Å². The van der Waals surface area contributed by atoms with Crippen LogP contribution in [0.15, 0.2) is 30.3 Å². The van der Waals surface area contributed by atoms with Crippen LogP contribution in [0.5, 0.6) is 11.5 Å². The number of amides is 1. The molecule has 1 N–H and O–H groups in total. The normalized spacial score (nSPS) is 19.6. The number of anilines is 2. The number of fused-ring (bicyclic) bond motifs is 2. The first-order valence-corrected chi connectivity index (χ1v) is 10.6. The van der Waals surface area contributed by atoms with E-state index in [1.807, 2.05) is 37.3 Å². The lowest BCUT2D eigenvalue weighted by Gasteiger charge is -2.27. The van der Waals surface area contributed by atoms with Gasteiger partial charge in [0.05, 0.1) is 18.9 Å². The van der Waals surface area contributed by atoms with Crippen molar-refractivity contribution in [1.82, 2.24) is 20.0 Å². The molecule has 164 valence electrons. The van der Waals surface area contributed by atoms with Crippen molar-refractivity contribution >= 4 is 17.5 Å². The van der Waals surface area contributed by atoms with E-state index < -0.39 is 0 Å². The quantitative estimate of drug-likeness (QED) is 0.668. The predicted octanol–water partition coefficient (Wildman–Crippen LogP) is 2.01. The molecule has 10 heteroatoms. The number of carbonyl (C=O) groups is 1. The number of aromatic nitrogens is 4. The number of nitrogens with one attached hydrogen (secondary N) is 1.